The predicted molar refractivity (Wildman–Crippen MR) is 134 cm³/mol. The Morgan fingerprint density at radius 2 is 2.06 bits per heavy atom. The molecule has 2 heterocycles. The first kappa shape index (κ1) is 25.1. The Morgan fingerprint density at radius 1 is 1.28 bits per heavy atom. The van der Waals surface area contributed by atoms with E-state index in [9.17, 15) is 14.4 Å². The molecule has 0 saturated carbocycles. The Morgan fingerprint density at radius 3 is 2.75 bits per heavy atom. The van der Waals surface area contributed by atoms with E-state index in [2.05, 4.69) is 20.2 Å². The van der Waals surface area contributed by atoms with Gasteiger partial charge in [-0.3, -0.25) is 0 Å². The number of anilines is 1. The Hall–Kier alpha value is -3.97. The average molecular weight is 493 g/mol. The van der Waals surface area contributed by atoms with Gasteiger partial charge in [-0.15, -0.1) is 0 Å². The van der Waals surface area contributed by atoms with E-state index in [1.54, 1.807) is 43.0 Å². The van der Waals surface area contributed by atoms with Crippen LogP contribution in [0.3, 0.4) is 0 Å². The van der Waals surface area contributed by atoms with Crippen molar-refractivity contribution in [1.29, 1.82) is 5.26 Å². The maximum atomic E-state index is 14.8. The van der Waals surface area contributed by atoms with Gasteiger partial charge in [0.2, 0.25) is 0 Å². The number of methoxy groups -OCH3 is 1. The summed E-state index contributed by atoms with van der Waals surface area (Å²) >= 11 is 0. The van der Waals surface area contributed by atoms with Crippen LogP contribution in [-0.4, -0.2) is 65.7 Å². The van der Waals surface area contributed by atoms with Crippen LogP contribution < -0.4 is 14.8 Å². The van der Waals surface area contributed by atoms with Crippen LogP contribution in [0.5, 0.6) is 11.5 Å². The lowest BCUT2D eigenvalue weighted by Gasteiger charge is -2.37. The van der Waals surface area contributed by atoms with Crippen molar-refractivity contribution in [3.63, 3.8) is 0 Å². The van der Waals surface area contributed by atoms with Crippen LogP contribution in [0.15, 0.2) is 30.3 Å². The molecule has 1 unspecified atom stereocenters. The number of aromatic nitrogens is 2. The van der Waals surface area contributed by atoms with E-state index in [1.807, 2.05) is 20.0 Å². The standard InChI is InChI=1S/C26H29FN6O3/c1-15-14-32(4)9-10-33(15)26(34)36-23-11-20-21(12-22(23)35-5)30-17(3)31-25(20)29-16(2)19-8-6-7-18(13-28)24(19)27/h6-8,11-12,15-16H,9-10,14H2,1-5H3,(H,29,30,31)/t15?,16-/m1/s1. The normalized spacial score (nSPS) is 16.9. The summed E-state index contributed by atoms with van der Waals surface area (Å²) in [6.45, 7) is 7.59. The first-order chi connectivity index (χ1) is 17.2. The molecule has 1 aromatic heterocycles. The second-order valence-corrected chi connectivity index (χ2v) is 9.00. The molecule has 1 amide bonds. The SMILES string of the molecule is COc1cc2nc(C)nc(N[C@H](C)c3cccc(C#N)c3F)c2cc1OC(=O)N1CCN(C)CC1C. The van der Waals surface area contributed by atoms with Gasteiger partial charge in [0.15, 0.2) is 11.5 Å². The number of halogens is 1. The highest BCUT2D eigenvalue weighted by Gasteiger charge is 2.28. The number of carbonyl (C=O) groups is 1. The van der Waals surface area contributed by atoms with E-state index in [-0.39, 0.29) is 17.4 Å². The van der Waals surface area contributed by atoms with Gasteiger partial charge in [0, 0.05) is 42.7 Å². The lowest BCUT2D eigenvalue weighted by molar-refractivity contribution is 0.0886. The molecule has 188 valence electrons. The van der Waals surface area contributed by atoms with Gasteiger partial charge in [-0.1, -0.05) is 12.1 Å². The summed E-state index contributed by atoms with van der Waals surface area (Å²) in [4.78, 5) is 25.9. The minimum atomic E-state index is -0.576. The van der Waals surface area contributed by atoms with Gasteiger partial charge in [0.1, 0.15) is 23.5 Å². The van der Waals surface area contributed by atoms with Crippen molar-refractivity contribution in [1.82, 2.24) is 19.8 Å². The van der Waals surface area contributed by atoms with Crippen molar-refractivity contribution < 1.29 is 18.7 Å². The minimum absolute atomic E-state index is 0.00540. The zero-order valence-corrected chi connectivity index (χ0v) is 21.0. The first-order valence-electron chi connectivity index (χ1n) is 11.7. The second kappa shape index (κ2) is 10.3. The van der Waals surface area contributed by atoms with Crippen molar-refractivity contribution >= 4 is 22.8 Å². The van der Waals surface area contributed by atoms with Crippen molar-refractivity contribution in [3.05, 3.63) is 53.1 Å². The van der Waals surface area contributed by atoms with Crippen LogP contribution in [0, 0.1) is 24.1 Å². The number of aryl methyl sites for hydroxylation is 1. The highest BCUT2D eigenvalue weighted by atomic mass is 19.1. The summed E-state index contributed by atoms with van der Waals surface area (Å²) in [5.74, 6) is 0.971. The fourth-order valence-corrected chi connectivity index (χ4v) is 4.42. The van der Waals surface area contributed by atoms with Gasteiger partial charge in [-0.05, 0) is 40.0 Å². The summed E-state index contributed by atoms with van der Waals surface area (Å²) in [6.07, 6.45) is -0.459. The summed E-state index contributed by atoms with van der Waals surface area (Å²) in [5, 5.41) is 13.0. The number of piperazine rings is 1. The molecule has 2 aromatic carbocycles. The average Bonchev–Trinajstić information content (AvgIpc) is 2.83. The number of hydrogen-bond donors (Lipinski definition) is 1. The third kappa shape index (κ3) is 5.02. The van der Waals surface area contributed by atoms with E-state index in [4.69, 9.17) is 9.47 Å². The van der Waals surface area contributed by atoms with Crippen LogP contribution in [0.2, 0.25) is 0 Å². The third-order valence-electron chi connectivity index (χ3n) is 6.32. The molecule has 36 heavy (non-hydrogen) atoms. The maximum Gasteiger partial charge on any atom is 0.415 e. The molecule has 1 saturated heterocycles. The first-order valence-corrected chi connectivity index (χ1v) is 11.7. The zero-order valence-electron chi connectivity index (χ0n) is 21.0. The molecule has 3 aromatic rings. The van der Waals surface area contributed by atoms with Gasteiger partial charge in [0.25, 0.3) is 0 Å². The van der Waals surface area contributed by atoms with Gasteiger partial charge in [-0.25, -0.2) is 19.2 Å². The van der Waals surface area contributed by atoms with Gasteiger partial charge < -0.3 is 24.6 Å². The lowest BCUT2D eigenvalue weighted by Crippen LogP contribution is -2.53. The summed E-state index contributed by atoms with van der Waals surface area (Å²) in [5.41, 5.74) is 0.887. The van der Waals surface area contributed by atoms with Gasteiger partial charge >= 0.3 is 6.09 Å². The van der Waals surface area contributed by atoms with Crippen molar-refractivity contribution in [2.75, 3.05) is 39.1 Å². The van der Waals surface area contributed by atoms with Crippen molar-refractivity contribution in [2.45, 2.75) is 32.9 Å². The Bertz CT molecular complexity index is 1340. The van der Waals surface area contributed by atoms with Crippen LogP contribution in [0.25, 0.3) is 10.9 Å². The number of ether oxygens (including phenoxy) is 2. The smallest absolute Gasteiger partial charge is 0.415 e. The molecule has 2 atom stereocenters. The van der Waals surface area contributed by atoms with E-state index < -0.39 is 18.0 Å². The highest BCUT2D eigenvalue weighted by Crippen LogP contribution is 2.36. The topological polar surface area (TPSA) is 104 Å². The molecule has 1 aliphatic heterocycles. The van der Waals surface area contributed by atoms with Crippen LogP contribution in [0.4, 0.5) is 15.0 Å². The number of carbonyl (C=O) groups excluding carboxylic acids is 1. The molecule has 10 heteroatoms. The monoisotopic (exact) mass is 492 g/mol. The second-order valence-electron chi connectivity index (χ2n) is 9.00. The molecular formula is C26H29FN6O3. The third-order valence-corrected chi connectivity index (χ3v) is 6.32. The van der Waals surface area contributed by atoms with Crippen molar-refractivity contribution in [3.8, 4) is 17.6 Å². The lowest BCUT2D eigenvalue weighted by atomic mass is 10.0. The van der Waals surface area contributed by atoms with E-state index in [1.165, 1.54) is 13.2 Å². The van der Waals surface area contributed by atoms with Crippen LogP contribution in [0.1, 0.15) is 36.8 Å². The summed E-state index contributed by atoms with van der Waals surface area (Å²) in [6, 6.07) is 9.41. The Kier molecular flexibility index (Phi) is 7.22. The number of likely N-dealkylation sites (N-methyl/N-ethyl adjacent to an activating group) is 1. The molecule has 1 fully saturated rings. The van der Waals surface area contributed by atoms with E-state index >= 15 is 0 Å². The number of fused-ring (bicyclic) bond motifs is 1. The minimum Gasteiger partial charge on any atom is -0.493 e. The zero-order chi connectivity index (χ0) is 26.0. The number of nitrogens with one attached hydrogen (secondary N) is 1. The summed E-state index contributed by atoms with van der Waals surface area (Å²) < 4.78 is 26.1. The Labute approximate surface area is 209 Å². The van der Waals surface area contributed by atoms with Gasteiger partial charge in [-0.2, -0.15) is 5.26 Å². The highest BCUT2D eigenvalue weighted by molar-refractivity contribution is 5.92. The largest absolute Gasteiger partial charge is 0.493 e. The van der Waals surface area contributed by atoms with Crippen molar-refractivity contribution in [2.24, 2.45) is 0 Å². The number of nitriles is 1. The molecule has 0 bridgehead atoms. The van der Waals surface area contributed by atoms with Crippen LogP contribution in [-0.2, 0) is 0 Å². The van der Waals surface area contributed by atoms with Crippen LogP contribution >= 0.6 is 0 Å². The molecule has 1 N–H and O–H groups in total. The maximum absolute atomic E-state index is 14.8. The summed E-state index contributed by atoms with van der Waals surface area (Å²) in [7, 11) is 3.52. The molecule has 0 spiro atoms. The number of rotatable bonds is 5. The molecule has 0 aliphatic carbocycles. The molecule has 9 nitrogen and oxygen atoms in total. The fraction of sp³-hybridized carbons (Fsp3) is 0.385. The quantitative estimate of drug-likeness (QED) is 0.563. The molecule has 0 radical (unpaired) electrons. The Balaban J connectivity index is 1.69. The van der Waals surface area contributed by atoms with E-state index in [0.717, 1.165) is 13.1 Å². The molecular weight excluding hydrogens is 463 g/mol. The number of nitrogens with zero attached hydrogens (tertiary/aromatic N) is 5. The number of hydrogen-bond acceptors (Lipinski definition) is 8. The molecule has 1 aliphatic rings. The molecule has 4 rings (SSSR count). The van der Waals surface area contributed by atoms with E-state index in [0.29, 0.717) is 40.4 Å². The number of amides is 1. The van der Waals surface area contributed by atoms with Gasteiger partial charge in [0.05, 0.1) is 24.2 Å². The predicted octanol–water partition coefficient (Wildman–Crippen LogP) is 4.27. The number of benzene rings is 2. The fourth-order valence-electron chi connectivity index (χ4n) is 4.42.